The second kappa shape index (κ2) is 6.19. The van der Waals surface area contributed by atoms with Crippen LogP contribution in [0.25, 0.3) is 0 Å². The van der Waals surface area contributed by atoms with Crippen molar-refractivity contribution < 1.29 is 13.9 Å². The van der Waals surface area contributed by atoms with Crippen LogP contribution in [-0.2, 0) is 9.47 Å². The van der Waals surface area contributed by atoms with Crippen molar-refractivity contribution in [3.8, 4) is 0 Å². The van der Waals surface area contributed by atoms with Gasteiger partial charge < -0.3 is 19.6 Å². The van der Waals surface area contributed by atoms with Gasteiger partial charge in [-0.2, -0.15) is 0 Å². The fraction of sp³-hybridized carbons (Fsp3) is 0.692. The average molecular weight is 239 g/mol. The number of rotatable bonds is 5. The highest BCUT2D eigenvalue weighted by Crippen LogP contribution is 2.22. The molecule has 1 aliphatic rings. The Hall–Kier alpha value is -0.840. The fourth-order valence-electron chi connectivity index (χ4n) is 2.06. The van der Waals surface area contributed by atoms with Crippen LogP contribution in [0.4, 0.5) is 0 Å². The molecule has 0 bridgehead atoms. The highest BCUT2D eigenvalue weighted by Gasteiger charge is 2.19. The Morgan fingerprint density at radius 3 is 2.76 bits per heavy atom. The molecule has 1 saturated heterocycles. The van der Waals surface area contributed by atoms with Gasteiger partial charge in [0, 0.05) is 19.8 Å². The summed E-state index contributed by atoms with van der Waals surface area (Å²) in [5, 5.41) is 0. The van der Waals surface area contributed by atoms with Gasteiger partial charge in [-0.05, 0) is 37.8 Å². The zero-order chi connectivity index (χ0) is 12.1. The molecule has 0 saturated carbocycles. The molecule has 96 valence electrons. The largest absolute Gasteiger partial charge is 0.464 e. The first kappa shape index (κ1) is 12.6. The van der Waals surface area contributed by atoms with Crippen molar-refractivity contribution in [2.75, 3.05) is 26.4 Å². The smallest absolute Gasteiger partial charge is 0.134 e. The molecular formula is C13H21NO3. The summed E-state index contributed by atoms with van der Waals surface area (Å²) in [6.45, 7) is 4.82. The standard InChI is InChI=1S/C13H21NO3/c1-10-2-3-12(17-10)13(8-14)16-9-11-4-6-15-7-5-11/h2-3,11,13H,4-9,14H2,1H3. The summed E-state index contributed by atoms with van der Waals surface area (Å²) in [6.07, 6.45) is 2.04. The van der Waals surface area contributed by atoms with Gasteiger partial charge in [-0.25, -0.2) is 0 Å². The van der Waals surface area contributed by atoms with Gasteiger partial charge in [0.25, 0.3) is 0 Å². The lowest BCUT2D eigenvalue weighted by molar-refractivity contribution is -0.0156. The summed E-state index contributed by atoms with van der Waals surface area (Å²) in [6, 6.07) is 3.88. The van der Waals surface area contributed by atoms with E-state index in [1.165, 1.54) is 0 Å². The molecule has 2 N–H and O–H groups in total. The molecular weight excluding hydrogens is 218 g/mol. The summed E-state index contributed by atoms with van der Waals surface area (Å²) in [5.74, 6) is 2.32. The molecule has 0 aromatic carbocycles. The molecule has 1 unspecified atom stereocenters. The normalized spacial score (nSPS) is 19.4. The lowest BCUT2D eigenvalue weighted by atomic mass is 10.0. The maximum absolute atomic E-state index is 5.86. The van der Waals surface area contributed by atoms with Gasteiger partial charge in [0.1, 0.15) is 17.6 Å². The molecule has 0 amide bonds. The van der Waals surface area contributed by atoms with Gasteiger partial charge in [-0.3, -0.25) is 0 Å². The summed E-state index contributed by atoms with van der Waals surface area (Å²) in [4.78, 5) is 0. The van der Waals surface area contributed by atoms with Crippen LogP contribution in [0.2, 0.25) is 0 Å². The SMILES string of the molecule is Cc1ccc(C(CN)OCC2CCOCC2)o1. The number of nitrogens with two attached hydrogens (primary N) is 1. The Labute approximate surface area is 102 Å². The van der Waals surface area contributed by atoms with E-state index in [4.69, 9.17) is 19.6 Å². The first-order valence-corrected chi connectivity index (χ1v) is 6.25. The predicted octanol–water partition coefficient (Wildman–Crippen LogP) is 2.03. The number of aryl methyl sites for hydroxylation is 1. The van der Waals surface area contributed by atoms with E-state index in [1.807, 2.05) is 19.1 Å². The molecule has 4 heteroatoms. The zero-order valence-corrected chi connectivity index (χ0v) is 10.4. The molecule has 2 rings (SSSR count). The third kappa shape index (κ3) is 3.56. The minimum atomic E-state index is -0.119. The lowest BCUT2D eigenvalue weighted by Crippen LogP contribution is -2.23. The molecule has 1 aromatic heterocycles. The molecule has 1 atom stereocenters. The van der Waals surface area contributed by atoms with E-state index in [9.17, 15) is 0 Å². The third-order valence-electron chi connectivity index (χ3n) is 3.17. The lowest BCUT2D eigenvalue weighted by Gasteiger charge is -2.23. The van der Waals surface area contributed by atoms with E-state index in [-0.39, 0.29) is 6.10 Å². The average Bonchev–Trinajstić information content (AvgIpc) is 2.78. The summed E-state index contributed by atoms with van der Waals surface area (Å²) >= 11 is 0. The van der Waals surface area contributed by atoms with Crippen molar-refractivity contribution in [1.29, 1.82) is 0 Å². The molecule has 0 spiro atoms. The van der Waals surface area contributed by atoms with E-state index in [1.54, 1.807) is 0 Å². The van der Waals surface area contributed by atoms with E-state index < -0.39 is 0 Å². The van der Waals surface area contributed by atoms with E-state index in [0.717, 1.165) is 44.2 Å². The van der Waals surface area contributed by atoms with Gasteiger partial charge >= 0.3 is 0 Å². The Bertz CT molecular complexity index is 331. The van der Waals surface area contributed by atoms with Gasteiger partial charge in [0.05, 0.1) is 6.61 Å². The molecule has 4 nitrogen and oxygen atoms in total. The Kier molecular flexibility index (Phi) is 4.59. The Balaban J connectivity index is 1.82. The van der Waals surface area contributed by atoms with E-state index in [0.29, 0.717) is 12.5 Å². The van der Waals surface area contributed by atoms with Crippen LogP contribution in [0.3, 0.4) is 0 Å². The zero-order valence-electron chi connectivity index (χ0n) is 10.4. The molecule has 2 heterocycles. The van der Waals surface area contributed by atoms with Crippen LogP contribution >= 0.6 is 0 Å². The monoisotopic (exact) mass is 239 g/mol. The van der Waals surface area contributed by atoms with E-state index in [2.05, 4.69) is 0 Å². The van der Waals surface area contributed by atoms with Gasteiger partial charge in [0.15, 0.2) is 0 Å². The molecule has 1 aliphatic heterocycles. The Morgan fingerprint density at radius 1 is 1.41 bits per heavy atom. The molecule has 0 aliphatic carbocycles. The maximum atomic E-state index is 5.86. The van der Waals surface area contributed by atoms with Crippen molar-refractivity contribution in [2.24, 2.45) is 11.7 Å². The van der Waals surface area contributed by atoms with Crippen molar-refractivity contribution in [3.05, 3.63) is 23.7 Å². The summed E-state index contributed by atoms with van der Waals surface area (Å²) in [5.41, 5.74) is 5.72. The van der Waals surface area contributed by atoms with Crippen molar-refractivity contribution in [2.45, 2.75) is 25.9 Å². The highest BCUT2D eigenvalue weighted by atomic mass is 16.5. The highest BCUT2D eigenvalue weighted by molar-refractivity contribution is 5.08. The number of ether oxygens (including phenoxy) is 2. The second-order valence-corrected chi connectivity index (χ2v) is 4.56. The van der Waals surface area contributed by atoms with Gasteiger partial charge in [-0.1, -0.05) is 0 Å². The minimum Gasteiger partial charge on any atom is -0.464 e. The quantitative estimate of drug-likeness (QED) is 0.854. The fourth-order valence-corrected chi connectivity index (χ4v) is 2.06. The topological polar surface area (TPSA) is 57.6 Å². The van der Waals surface area contributed by atoms with E-state index >= 15 is 0 Å². The van der Waals surface area contributed by atoms with Crippen molar-refractivity contribution >= 4 is 0 Å². The molecule has 1 fully saturated rings. The predicted molar refractivity (Wildman–Crippen MR) is 64.7 cm³/mol. The summed E-state index contributed by atoms with van der Waals surface area (Å²) < 4.78 is 16.7. The first-order valence-electron chi connectivity index (χ1n) is 6.25. The first-order chi connectivity index (χ1) is 8.29. The number of hydrogen-bond donors (Lipinski definition) is 1. The van der Waals surface area contributed by atoms with Crippen LogP contribution in [-0.4, -0.2) is 26.4 Å². The third-order valence-corrected chi connectivity index (χ3v) is 3.17. The summed E-state index contributed by atoms with van der Waals surface area (Å²) in [7, 11) is 0. The molecule has 1 aromatic rings. The number of hydrogen-bond acceptors (Lipinski definition) is 4. The van der Waals surface area contributed by atoms with Gasteiger partial charge in [-0.15, -0.1) is 0 Å². The maximum Gasteiger partial charge on any atom is 0.134 e. The van der Waals surface area contributed by atoms with Crippen LogP contribution in [0.15, 0.2) is 16.5 Å². The van der Waals surface area contributed by atoms with Crippen molar-refractivity contribution in [1.82, 2.24) is 0 Å². The van der Waals surface area contributed by atoms with Crippen molar-refractivity contribution in [3.63, 3.8) is 0 Å². The van der Waals surface area contributed by atoms with Gasteiger partial charge in [0.2, 0.25) is 0 Å². The van der Waals surface area contributed by atoms with Crippen LogP contribution in [0.5, 0.6) is 0 Å². The van der Waals surface area contributed by atoms with Crippen LogP contribution in [0, 0.1) is 12.8 Å². The number of furan rings is 1. The molecule has 17 heavy (non-hydrogen) atoms. The Morgan fingerprint density at radius 2 is 2.18 bits per heavy atom. The minimum absolute atomic E-state index is 0.119. The molecule has 0 radical (unpaired) electrons. The van der Waals surface area contributed by atoms with Crippen LogP contribution < -0.4 is 5.73 Å². The second-order valence-electron chi connectivity index (χ2n) is 4.56. The van der Waals surface area contributed by atoms with Crippen LogP contribution in [0.1, 0.15) is 30.5 Å².